The lowest BCUT2D eigenvalue weighted by Gasteiger charge is -2.17. The Balaban J connectivity index is 2.84. The summed E-state index contributed by atoms with van der Waals surface area (Å²) in [6.07, 6.45) is 4.68. The van der Waals surface area contributed by atoms with Gasteiger partial charge in [0.05, 0.1) is 5.56 Å². The van der Waals surface area contributed by atoms with E-state index in [4.69, 9.17) is 15.9 Å². The lowest BCUT2D eigenvalue weighted by molar-refractivity contribution is -0.150. The molecule has 0 heterocycles. The van der Waals surface area contributed by atoms with E-state index in [-0.39, 0.29) is 12.4 Å². The van der Waals surface area contributed by atoms with Crippen molar-refractivity contribution >= 4 is 11.8 Å². The van der Waals surface area contributed by atoms with Crippen molar-refractivity contribution in [3.8, 4) is 18.1 Å². The van der Waals surface area contributed by atoms with Crippen LogP contribution in [0.15, 0.2) is 24.3 Å². The van der Waals surface area contributed by atoms with Gasteiger partial charge >= 0.3 is 5.97 Å². The number of Topliss-reactive ketones (excluding diaryl/α,β-unsaturated/α-hetero) is 1. The van der Waals surface area contributed by atoms with Gasteiger partial charge in [0.2, 0.25) is 0 Å². The first-order chi connectivity index (χ1) is 9.10. The highest BCUT2D eigenvalue weighted by atomic mass is 16.6. The average molecular weight is 260 g/mol. The van der Waals surface area contributed by atoms with E-state index in [0.717, 1.165) is 0 Å². The van der Waals surface area contributed by atoms with Gasteiger partial charge in [-0.1, -0.05) is 25.0 Å². The molecule has 0 bridgehead atoms. The Bertz CT molecular complexity index is 499. The molecular formula is C15H16O4. The van der Waals surface area contributed by atoms with Gasteiger partial charge in [0.15, 0.2) is 18.5 Å². The van der Waals surface area contributed by atoms with E-state index in [1.165, 1.54) is 6.92 Å². The third kappa shape index (κ3) is 4.14. The second kappa shape index (κ2) is 7.22. The molecule has 0 amide bonds. The van der Waals surface area contributed by atoms with E-state index in [0.29, 0.717) is 17.7 Å². The largest absolute Gasteiger partial charge is 0.478 e. The van der Waals surface area contributed by atoms with Gasteiger partial charge in [-0.2, -0.15) is 0 Å². The molecule has 0 radical (unpaired) electrons. The zero-order valence-corrected chi connectivity index (χ0v) is 11.0. The Morgan fingerprint density at radius 2 is 2.05 bits per heavy atom. The molecule has 0 saturated heterocycles. The number of para-hydroxylation sites is 1. The van der Waals surface area contributed by atoms with Crippen molar-refractivity contribution in [1.29, 1.82) is 0 Å². The SMILES string of the molecule is C#CCOC(=O)C(CC)Oc1ccccc1C(C)=O. The first-order valence-corrected chi connectivity index (χ1v) is 5.96. The summed E-state index contributed by atoms with van der Waals surface area (Å²) in [7, 11) is 0. The molecule has 0 aliphatic heterocycles. The quantitative estimate of drug-likeness (QED) is 0.447. The number of ether oxygens (including phenoxy) is 2. The Labute approximate surface area is 112 Å². The second-order valence-electron chi connectivity index (χ2n) is 3.88. The number of carbonyl (C=O) groups excluding carboxylic acids is 2. The minimum absolute atomic E-state index is 0.0902. The molecule has 4 nitrogen and oxygen atoms in total. The van der Waals surface area contributed by atoms with Crippen molar-refractivity contribution < 1.29 is 19.1 Å². The van der Waals surface area contributed by atoms with Crippen molar-refractivity contribution in [2.24, 2.45) is 0 Å². The molecule has 0 N–H and O–H groups in total. The Hall–Kier alpha value is -2.28. The van der Waals surface area contributed by atoms with Gasteiger partial charge in [0.1, 0.15) is 5.75 Å². The van der Waals surface area contributed by atoms with Gasteiger partial charge < -0.3 is 9.47 Å². The summed E-state index contributed by atoms with van der Waals surface area (Å²) in [6, 6.07) is 6.77. The number of hydrogen-bond acceptors (Lipinski definition) is 4. The first-order valence-electron chi connectivity index (χ1n) is 5.96. The molecule has 0 aliphatic carbocycles. The molecule has 0 aromatic heterocycles. The smallest absolute Gasteiger partial charge is 0.348 e. The Kier molecular flexibility index (Phi) is 5.62. The summed E-state index contributed by atoms with van der Waals surface area (Å²) in [4.78, 5) is 23.1. The maximum Gasteiger partial charge on any atom is 0.348 e. The molecule has 0 spiro atoms. The number of esters is 1. The Morgan fingerprint density at radius 3 is 2.63 bits per heavy atom. The molecule has 0 fully saturated rings. The lowest BCUT2D eigenvalue weighted by Crippen LogP contribution is -2.29. The molecule has 1 aromatic rings. The summed E-state index contributed by atoms with van der Waals surface area (Å²) in [6.45, 7) is 3.14. The van der Waals surface area contributed by atoms with Crippen LogP contribution < -0.4 is 4.74 Å². The minimum Gasteiger partial charge on any atom is -0.478 e. The Morgan fingerprint density at radius 1 is 1.37 bits per heavy atom. The highest BCUT2D eigenvalue weighted by Crippen LogP contribution is 2.21. The summed E-state index contributed by atoms with van der Waals surface area (Å²) in [5.74, 6) is 1.94. The fourth-order valence-corrected chi connectivity index (χ4v) is 1.52. The van der Waals surface area contributed by atoms with E-state index < -0.39 is 12.1 Å². The molecule has 1 atom stereocenters. The molecule has 0 aliphatic rings. The predicted molar refractivity (Wildman–Crippen MR) is 70.9 cm³/mol. The average Bonchev–Trinajstić information content (AvgIpc) is 2.42. The van der Waals surface area contributed by atoms with Crippen LogP contribution in [0.4, 0.5) is 0 Å². The van der Waals surface area contributed by atoms with Crippen molar-refractivity contribution in [2.45, 2.75) is 26.4 Å². The molecular weight excluding hydrogens is 244 g/mol. The number of carbonyl (C=O) groups is 2. The zero-order valence-electron chi connectivity index (χ0n) is 11.0. The summed E-state index contributed by atoms with van der Waals surface area (Å²) in [5, 5.41) is 0. The fourth-order valence-electron chi connectivity index (χ4n) is 1.52. The van der Waals surface area contributed by atoms with E-state index >= 15 is 0 Å². The highest BCUT2D eigenvalue weighted by Gasteiger charge is 2.21. The molecule has 0 saturated carbocycles. The van der Waals surface area contributed by atoms with Gasteiger partial charge in [0.25, 0.3) is 0 Å². The predicted octanol–water partition coefficient (Wildman–Crippen LogP) is 2.22. The number of rotatable bonds is 6. The first kappa shape index (κ1) is 14.8. The van der Waals surface area contributed by atoms with E-state index in [9.17, 15) is 9.59 Å². The van der Waals surface area contributed by atoms with Gasteiger partial charge in [-0.25, -0.2) is 4.79 Å². The van der Waals surface area contributed by atoms with Gasteiger partial charge in [-0.05, 0) is 25.5 Å². The fraction of sp³-hybridized carbons (Fsp3) is 0.333. The van der Waals surface area contributed by atoms with Crippen LogP contribution in [0.5, 0.6) is 5.75 Å². The van der Waals surface area contributed by atoms with Crippen molar-refractivity contribution in [2.75, 3.05) is 6.61 Å². The van der Waals surface area contributed by atoms with E-state index in [2.05, 4.69) is 5.92 Å². The van der Waals surface area contributed by atoms with Gasteiger partial charge in [-0.3, -0.25) is 4.79 Å². The standard InChI is InChI=1S/C15H16O4/c1-4-10-18-15(17)13(5-2)19-14-9-7-6-8-12(14)11(3)16/h1,6-9,13H,5,10H2,2-3H3. The third-order valence-electron chi connectivity index (χ3n) is 2.47. The van der Waals surface area contributed by atoms with E-state index in [1.54, 1.807) is 31.2 Å². The number of terminal acetylenes is 1. The lowest BCUT2D eigenvalue weighted by atomic mass is 10.1. The number of benzene rings is 1. The van der Waals surface area contributed by atoms with Crippen molar-refractivity contribution in [3.05, 3.63) is 29.8 Å². The maximum atomic E-state index is 11.7. The number of hydrogen-bond donors (Lipinski definition) is 0. The van der Waals surface area contributed by atoms with Crippen LogP contribution >= 0.6 is 0 Å². The van der Waals surface area contributed by atoms with Crippen LogP contribution in [-0.4, -0.2) is 24.5 Å². The maximum absolute atomic E-state index is 11.7. The van der Waals surface area contributed by atoms with Crippen LogP contribution in [0.2, 0.25) is 0 Å². The normalized spacial score (nSPS) is 11.2. The van der Waals surface area contributed by atoms with Gasteiger partial charge in [0, 0.05) is 0 Å². The van der Waals surface area contributed by atoms with Crippen LogP contribution in [0.1, 0.15) is 30.6 Å². The van der Waals surface area contributed by atoms with Gasteiger partial charge in [-0.15, -0.1) is 6.42 Å². The monoisotopic (exact) mass is 260 g/mol. The molecule has 1 aromatic carbocycles. The summed E-state index contributed by atoms with van der Waals surface area (Å²) >= 11 is 0. The molecule has 4 heteroatoms. The number of ketones is 1. The molecule has 1 unspecified atom stereocenters. The molecule has 19 heavy (non-hydrogen) atoms. The summed E-state index contributed by atoms with van der Waals surface area (Å²) < 4.78 is 10.4. The highest BCUT2D eigenvalue weighted by molar-refractivity contribution is 5.96. The van der Waals surface area contributed by atoms with E-state index in [1.807, 2.05) is 0 Å². The summed E-state index contributed by atoms with van der Waals surface area (Å²) in [5.41, 5.74) is 0.436. The van der Waals surface area contributed by atoms with Crippen molar-refractivity contribution in [3.63, 3.8) is 0 Å². The zero-order chi connectivity index (χ0) is 14.3. The van der Waals surface area contributed by atoms with Crippen LogP contribution in [0, 0.1) is 12.3 Å². The van der Waals surface area contributed by atoms with Crippen molar-refractivity contribution in [1.82, 2.24) is 0 Å². The topological polar surface area (TPSA) is 52.6 Å². The molecule has 1 rings (SSSR count). The second-order valence-corrected chi connectivity index (χ2v) is 3.88. The van der Waals surface area contributed by atoms with Crippen LogP contribution in [0.3, 0.4) is 0 Å². The van der Waals surface area contributed by atoms with Crippen LogP contribution in [-0.2, 0) is 9.53 Å². The molecule has 100 valence electrons. The third-order valence-corrected chi connectivity index (χ3v) is 2.47. The van der Waals surface area contributed by atoms with Crippen LogP contribution in [0.25, 0.3) is 0 Å². The minimum atomic E-state index is -0.770.